The molecule has 27 heavy (non-hydrogen) atoms. The smallest absolute Gasteiger partial charge is 0.315 e. The Morgan fingerprint density at radius 3 is 2.63 bits per heavy atom. The maximum Gasteiger partial charge on any atom is 0.315 e. The van der Waals surface area contributed by atoms with Gasteiger partial charge in [-0.05, 0) is 32.4 Å². The molecular weight excluding hydrogens is 356 g/mol. The van der Waals surface area contributed by atoms with Crippen LogP contribution in [-0.4, -0.2) is 63.7 Å². The number of hydrogen-bond donors (Lipinski definition) is 4. The first kappa shape index (κ1) is 19.8. The van der Waals surface area contributed by atoms with Gasteiger partial charge in [0.2, 0.25) is 6.29 Å². The summed E-state index contributed by atoms with van der Waals surface area (Å²) in [7, 11) is 0. The fourth-order valence-corrected chi connectivity index (χ4v) is 3.17. The van der Waals surface area contributed by atoms with Gasteiger partial charge in [-0.2, -0.15) is 0 Å². The van der Waals surface area contributed by atoms with Crippen molar-refractivity contribution in [2.45, 2.75) is 57.4 Å². The lowest BCUT2D eigenvalue weighted by Crippen LogP contribution is -2.60. The first-order valence-corrected chi connectivity index (χ1v) is 8.77. The summed E-state index contributed by atoms with van der Waals surface area (Å²) in [6, 6.07) is 3.21. The number of fused-ring (bicyclic) bond motifs is 1. The Bertz CT molecular complexity index is 737. The summed E-state index contributed by atoms with van der Waals surface area (Å²) < 4.78 is 16.4. The second-order valence-corrected chi connectivity index (χ2v) is 6.97. The van der Waals surface area contributed by atoms with Crippen LogP contribution in [0, 0.1) is 0 Å². The topological polar surface area (TPSA) is 126 Å². The molecule has 0 amide bonds. The number of rotatable bonds is 5. The van der Waals surface area contributed by atoms with Crippen molar-refractivity contribution >= 4 is 5.97 Å². The summed E-state index contributed by atoms with van der Waals surface area (Å²) >= 11 is 0. The highest BCUT2D eigenvalue weighted by Gasteiger charge is 2.45. The minimum Gasteiger partial charge on any atom is -0.462 e. The predicted molar refractivity (Wildman–Crippen MR) is 93.3 cm³/mol. The molecule has 0 saturated carbocycles. The van der Waals surface area contributed by atoms with E-state index in [0.717, 1.165) is 11.1 Å². The normalized spacial score (nSPS) is 29.9. The van der Waals surface area contributed by atoms with Crippen LogP contribution in [0.5, 0.6) is 11.5 Å². The molecule has 1 fully saturated rings. The van der Waals surface area contributed by atoms with Gasteiger partial charge in [0, 0.05) is 11.1 Å². The van der Waals surface area contributed by atoms with Crippen molar-refractivity contribution in [3.05, 3.63) is 34.9 Å². The molecule has 2 aliphatic heterocycles. The Balaban J connectivity index is 1.91. The maximum atomic E-state index is 11.7. The summed E-state index contributed by atoms with van der Waals surface area (Å²) in [6.07, 6.45) is -4.27. The first-order valence-electron chi connectivity index (χ1n) is 8.77. The zero-order valence-corrected chi connectivity index (χ0v) is 15.2. The molecule has 1 aromatic rings. The molecule has 3 rings (SSSR count). The fourth-order valence-electron chi connectivity index (χ4n) is 3.17. The third-order valence-electron chi connectivity index (χ3n) is 4.70. The quantitative estimate of drug-likeness (QED) is 0.315. The lowest BCUT2D eigenvalue weighted by molar-refractivity contribution is -0.277. The zero-order chi connectivity index (χ0) is 19.7. The molecule has 0 spiro atoms. The van der Waals surface area contributed by atoms with E-state index in [1.165, 1.54) is 0 Å². The summed E-state index contributed by atoms with van der Waals surface area (Å²) in [5, 5.41) is 39.3. The van der Waals surface area contributed by atoms with Crippen LogP contribution in [0.25, 0.3) is 0 Å². The van der Waals surface area contributed by atoms with Gasteiger partial charge in [-0.3, -0.25) is 4.79 Å². The molecule has 0 unspecified atom stereocenters. The Hall–Kier alpha value is -1.97. The minimum atomic E-state index is -1.53. The van der Waals surface area contributed by atoms with E-state index in [1.807, 2.05) is 19.9 Å². The van der Waals surface area contributed by atoms with Crippen molar-refractivity contribution in [3.63, 3.8) is 0 Å². The molecule has 148 valence electrons. The molecule has 0 bridgehead atoms. The van der Waals surface area contributed by atoms with Gasteiger partial charge in [-0.1, -0.05) is 11.6 Å². The standard InChI is InChI=1S/C19H24O8/c1-9(2)3-4-10-11-7-15(21)25-13(11)6-5-12(10)26-19-18(24)17(23)16(22)14(8-20)27-19/h3,5-6,14,16-20,22-24H,4,7-8H2,1-2H3/t14-,16-,17+,18-,19-/m1/s1. The molecule has 8 nitrogen and oxygen atoms in total. The number of carbonyl (C=O) groups excluding carboxylic acids is 1. The highest BCUT2D eigenvalue weighted by atomic mass is 16.7. The van der Waals surface area contributed by atoms with Gasteiger partial charge < -0.3 is 34.6 Å². The first-order chi connectivity index (χ1) is 12.8. The van der Waals surface area contributed by atoms with Crippen molar-refractivity contribution in [1.29, 1.82) is 0 Å². The van der Waals surface area contributed by atoms with Crippen molar-refractivity contribution in [3.8, 4) is 11.5 Å². The van der Waals surface area contributed by atoms with Gasteiger partial charge in [-0.25, -0.2) is 0 Å². The maximum absolute atomic E-state index is 11.7. The number of ether oxygens (including phenoxy) is 3. The van der Waals surface area contributed by atoms with Gasteiger partial charge in [0.25, 0.3) is 0 Å². The fraction of sp³-hybridized carbons (Fsp3) is 0.526. The third-order valence-corrected chi connectivity index (χ3v) is 4.70. The predicted octanol–water partition coefficient (Wildman–Crippen LogP) is -0.165. The number of esters is 1. The van der Waals surface area contributed by atoms with E-state index >= 15 is 0 Å². The van der Waals surface area contributed by atoms with Crippen molar-refractivity contribution in [1.82, 2.24) is 0 Å². The van der Waals surface area contributed by atoms with Crippen LogP contribution in [0.4, 0.5) is 0 Å². The monoisotopic (exact) mass is 380 g/mol. The summed E-state index contributed by atoms with van der Waals surface area (Å²) in [4.78, 5) is 11.7. The molecule has 1 aromatic carbocycles. The van der Waals surface area contributed by atoms with E-state index in [0.29, 0.717) is 23.5 Å². The van der Waals surface area contributed by atoms with Crippen LogP contribution in [0.2, 0.25) is 0 Å². The van der Waals surface area contributed by atoms with Crippen molar-refractivity contribution < 1.29 is 39.4 Å². The molecule has 5 atom stereocenters. The molecule has 8 heteroatoms. The molecule has 2 heterocycles. The van der Waals surface area contributed by atoms with E-state index in [1.54, 1.807) is 12.1 Å². The SMILES string of the molecule is CC(C)=CCc1c(O[C@@H]2O[C@H](CO)[C@@H](O)[C@H](O)[C@H]2O)ccc2c1CC(=O)O2. The van der Waals surface area contributed by atoms with Crippen LogP contribution in [-0.2, 0) is 22.4 Å². The van der Waals surface area contributed by atoms with Gasteiger partial charge in [0.05, 0.1) is 13.0 Å². The van der Waals surface area contributed by atoms with E-state index in [4.69, 9.17) is 14.2 Å². The summed E-state index contributed by atoms with van der Waals surface area (Å²) in [5.41, 5.74) is 2.51. The Morgan fingerprint density at radius 2 is 1.96 bits per heavy atom. The second kappa shape index (κ2) is 7.95. The molecular formula is C19H24O8. The molecule has 2 aliphatic rings. The highest BCUT2D eigenvalue weighted by Crippen LogP contribution is 2.37. The van der Waals surface area contributed by atoms with E-state index in [2.05, 4.69) is 0 Å². The number of allylic oxidation sites excluding steroid dienone is 2. The van der Waals surface area contributed by atoms with Crippen LogP contribution in [0.15, 0.2) is 23.8 Å². The molecule has 0 radical (unpaired) electrons. The zero-order valence-electron chi connectivity index (χ0n) is 15.2. The van der Waals surface area contributed by atoms with Crippen LogP contribution in [0.3, 0.4) is 0 Å². The third kappa shape index (κ3) is 3.99. The van der Waals surface area contributed by atoms with E-state index in [9.17, 15) is 25.2 Å². The molecule has 4 N–H and O–H groups in total. The Labute approximate surface area is 156 Å². The number of benzene rings is 1. The Morgan fingerprint density at radius 1 is 1.22 bits per heavy atom. The van der Waals surface area contributed by atoms with Gasteiger partial charge in [-0.15, -0.1) is 0 Å². The van der Waals surface area contributed by atoms with E-state index in [-0.39, 0.29) is 12.4 Å². The molecule has 0 aromatic heterocycles. The van der Waals surface area contributed by atoms with Gasteiger partial charge in [0.1, 0.15) is 35.9 Å². The Kier molecular flexibility index (Phi) is 5.83. The van der Waals surface area contributed by atoms with Crippen LogP contribution < -0.4 is 9.47 Å². The number of carbonyl (C=O) groups is 1. The largest absolute Gasteiger partial charge is 0.462 e. The average Bonchev–Trinajstić information content (AvgIpc) is 3.01. The lowest BCUT2D eigenvalue weighted by Gasteiger charge is -2.39. The number of hydrogen-bond acceptors (Lipinski definition) is 8. The minimum absolute atomic E-state index is 0.118. The van der Waals surface area contributed by atoms with Crippen molar-refractivity contribution in [2.24, 2.45) is 0 Å². The molecule has 1 saturated heterocycles. The van der Waals surface area contributed by atoms with Gasteiger partial charge >= 0.3 is 5.97 Å². The summed E-state index contributed by atoms with van der Waals surface area (Å²) in [6.45, 7) is 3.36. The lowest BCUT2D eigenvalue weighted by atomic mass is 9.98. The van der Waals surface area contributed by atoms with Crippen molar-refractivity contribution in [2.75, 3.05) is 6.61 Å². The average molecular weight is 380 g/mol. The second-order valence-electron chi connectivity index (χ2n) is 6.97. The highest BCUT2D eigenvalue weighted by molar-refractivity contribution is 5.82. The van der Waals surface area contributed by atoms with E-state index < -0.39 is 37.3 Å². The number of aliphatic hydroxyl groups excluding tert-OH is 4. The number of aliphatic hydroxyl groups is 4. The molecule has 0 aliphatic carbocycles. The van der Waals surface area contributed by atoms with Crippen LogP contribution in [0.1, 0.15) is 25.0 Å². The van der Waals surface area contributed by atoms with Gasteiger partial charge in [0.15, 0.2) is 0 Å². The van der Waals surface area contributed by atoms with Crippen LogP contribution >= 0.6 is 0 Å². The summed E-state index contributed by atoms with van der Waals surface area (Å²) in [5.74, 6) is 0.487.